The lowest BCUT2D eigenvalue weighted by Crippen LogP contribution is -2.34. The van der Waals surface area contributed by atoms with Crippen LogP contribution in [0.25, 0.3) is 16.5 Å². The third-order valence-electron chi connectivity index (χ3n) is 7.45. The van der Waals surface area contributed by atoms with Gasteiger partial charge in [-0.2, -0.15) is 5.10 Å². The smallest absolute Gasteiger partial charge is 0.255 e. The van der Waals surface area contributed by atoms with E-state index in [4.69, 9.17) is 9.15 Å². The first kappa shape index (κ1) is 25.6. The second-order valence-corrected chi connectivity index (χ2v) is 10.6. The minimum absolute atomic E-state index is 0.141. The molecule has 5 aromatic rings. The van der Waals surface area contributed by atoms with Gasteiger partial charge in [-0.15, -0.1) is 0 Å². The number of aliphatic hydroxyl groups is 1. The number of furan rings is 1. The number of fused-ring (bicyclic) bond motifs is 2. The molecule has 1 atom stereocenters. The monoisotopic (exact) mass is 538 g/mol. The number of benzene rings is 2. The molecule has 9 nitrogen and oxygen atoms in total. The molecular formula is C31H30N4O5. The summed E-state index contributed by atoms with van der Waals surface area (Å²) in [5.74, 6) is 1.23. The minimum Gasteiger partial charge on any atom is -0.460 e. The molecule has 0 aliphatic carbocycles. The fourth-order valence-corrected chi connectivity index (χ4v) is 5.35. The lowest BCUT2D eigenvalue weighted by molar-refractivity contribution is 0.0572. The fraction of sp³-hybridized carbons (Fsp3) is 0.258. The highest BCUT2D eigenvalue weighted by Crippen LogP contribution is 2.34. The Morgan fingerprint density at radius 3 is 2.70 bits per heavy atom. The lowest BCUT2D eigenvalue weighted by atomic mass is 10.1. The molecule has 0 unspecified atom stereocenters. The number of amides is 2. The number of β-amino-alcohol motifs (C(OH)–C–C–N with tert-alkyl or cyclic N) is 1. The van der Waals surface area contributed by atoms with E-state index < -0.39 is 5.60 Å². The second kappa shape index (κ2) is 9.84. The Hall–Kier alpha value is -4.63. The van der Waals surface area contributed by atoms with Crippen LogP contribution in [0.5, 0.6) is 11.5 Å². The van der Waals surface area contributed by atoms with Crippen LogP contribution < -0.4 is 10.1 Å². The summed E-state index contributed by atoms with van der Waals surface area (Å²) < 4.78 is 13.8. The molecule has 1 aliphatic rings. The predicted octanol–water partition coefficient (Wildman–Crippen LogP) is 5.02. The molecule has 2 N–H and O–H groups in total. The van der Waals surface area contributed by atoms with Crippen LogP contribution in [-0.4, -0.2) is 50.1 Å². The molecule has 9 heteroatoms. The van der Waals surface area contributed by atoms with E-state index in [0.29, 0.717) is 70.9 Å². The standard InChI is InChI=1S/C31H30N4O5/c1-19-24(30(37)34-14-12-31(3,38)18-34)17-35-28(19)25(11-13-33-35)40-22-9-10-23-26(15-22)39-20(2)27(23)29(36)32-16-21-7-5-4-6-8-21/h4-11,13,15,17,38H,12,14,16,18H2,1-3H3,(H,32,36)/t31-/m1/s1. The summed E-state index contributed by atoms with van der Waals surface area (Å²) in [6, 6.07) is 16.8. The summed E-state index contributed by atoms with van der Waals surface area (Å²) in [6.45, 7) is 6.60. The van der Waals surface area contributed by atoms with E-state index in [1.807, 2.05) is 43.3 Å². The van der Waals surface area contributed by atoms with E-state index in [9.17, 15) is 14.7 Å². The van der Waals surface area contributed by atoms with Gasteiger partial charge in [-0.25, -0.2) is 4.52 Å². The van der Waals surface area contributed by atoms with Crippen molar-refractivity contribution < 1.29 is 23.8 Å². The Balaban J connectivity index is 1.26. The summed E-state index contributed by atoms with van der Waals surface area (Å²) in [5, 5.41) is 18.4. The number of ether oxygens (including phenoxy) is 1. The van der Waals surface area contributed by atoms with Gasteiger partial charge in [0.25, 0.3) is 11.8 Å². The molecule has 0 saturated carbocycles. The Labute approximate surface area is 231 Å². The zero-order valence-electron chi connectivity index (χ0n) is 22.6. The highest BCUT2D eigenvalue weighted by atomic mass is 16.5. The van der Waals surface area contributed by atoms with Gasteiger partial charge in [0.1, 0.15) is 22.6 Å². The second-order valence-electron chi connectivity index (χ2n) is 10.6. The van der Waals surface area contributed by atoms with Crippen molar-refractivity contribution in [1.82, 2.24) is 19.8 Å². The molecule has 1 aliphatic heterocycles. The van der Waals surface area contributed by atoms with E-state index in [-0.39, 0.29) is 11.8 Å². The highest BCUT2D eigenvalue weighted by molar-refractivity contribution is 6.07. The SMILES string of the molecule is Cc1oc2cc(Oc3ccnn4cc(C(=O)N5CC[C@@](C)(O)C5)c(C)c34)ccc2c1C(=O)NCc1ccccc1. The molecule has 4 heterocycles. The normalized spacial score (nSPS) is 17.1. The van der Waals surface area contributed by atoms with Crippen LogP contribution >= 0.6 is 0 Å². The first-order chi connectivity index (χ1) is 19.2. The van der Waals surface area contributed by atoms with Gasteiger partial charge in [-0.05, 0) is 50.5 Å². The van der Waals surface area contributed by atoms with Gasteiger partial charge in [-0.1, -0.05) is 30.3 Å². The molecular weight excluding hydrogens is 508 g/mol. The van der Waals surface area contributed by atoms with Gasteiger partial charge in [0.05, 0.1) is 22.9 Å². The first-order valence-corrected chi connectivity index (χ1v) is 13.2. The van der Waals surface area contributed by atoms with E-state index in [0.717, 1.165) is 11.1 Å². The lowest BCUT2D eigenvalue weighted by Gasteiger charge is -2.18. The topological polar surface area (TPSA) is 109 Å². The fourth-order valence-electron chi connectivity index (χ4n) is 5.35. The number of likely N-dealkylation sites (tertiary alicyclic amines) is 1. The number of rotatable bonds is 6. The van der Waals surface area contributed by atoms with Gasteiger partial charge in [0, 0.05) is 43.4 Å². The highest BCUT2D eigenvalue weighted by Gasteiger charge is 2.35. The number of nitrogens with zero attached hydrogens (tertiary/aromatic N) is 3. The van der Waals surface area contributed by atoms with Crippen molar-refractivity contribution in [3.8, 4) is 11.5 Å². The first-order valence-electron chi connectivity index (χ1n) is 13.2. The average molecular weight is 539 g/mol. The third kappa shape index (κ3) is 4.69. The summed E-state index contributed by atoms with van der Waals surface area (Å²) in [5.41, 5.74) is 3.10. The van der Waals surface area contributed by atoms with Gasteiger partial charge in [0.15, 0.2) is 5.75 Å². The average Bonchev–Trinajstić information content (AvgIpc) is 3.59. The van der Waals surface area contributed by atoms with Gasteiger partial charge >= 0.3 is 0 Å². The quantitative estimate of drug-likeness (QED) is 0.314. The number of aromatic nitrogens is 2. The Kier molecular flexibility index (Phi) is 6.31. The number of carbonyl (C=O) groups is 2. The van der Waals surface area contributed by atoms with Crippen molar-refractivity contribution in [3.05, 3.63) is 95.0 Å². The number of carbonyl (C=O) groups excluding carboxylic acids is 2. The zero-order valence-corrected chi connectivity index (χ0v) is 22.6. The maximum Gasteiger partial charge on any atom is 0.255 e. The van der Waals surface area contributed by atoms with Gasteiger partial charge in [0.2, 0.25) is 0 Å². The number of aryl methyl sites for hydroxylation is 2. The van der Waals surface area contributed by atoms with Crippen LogP contribution in [0.4, 0.5) is 0 Å². The van der Waals surface area contributed by atoms with Crippen molar-refractivity contribution in [3.63, 3.8) is 0 Å². The molecule has 0 radical (unpaired) electrons. The molecule has 0 spiro atoms. The van der Waals surface area contributed by atoms with Crippen LogP contribution in [0.2, 0.25) is 0 Å². The van der Waals surface area contributed by atoms with Crippen LogP contribution in [-0.2, 0) is 6.54 Å². The minimum atomic E-state index is -0.874. The van der Waals surface area contributed by atoms with E-state index >= 15 is 0 Å². The molecule has 0 bridgehead atoms. The van der Waals surface area contributed by atoms with Gasteiger partial charge in [-0.3, -0.25) is 9.59 Å². The molecule has 2 amide bonds. The summed E-state index contributed by atoms with van der Waals surface area (Å²) in [6.07, 6.45) is 3.86. The van der Waals surface area contributed by atoms with Crippen LogP contribution in [0, 0.1) is 13.8 Å². The van der Waals surface area contributed by atoms with Crippen LogP contribution in [0.1, 0.15) is 50.9 Å². The predicted molar refractivity (Wildman–Crippen MR) is 150 cm³/mol. The number of hydrogen-bond acceptors (Lipinski definition) is 6. The third-order valence-corrected chi connectivity index (χ3v) is 7.45. The van der Waals surface area contributed by atoms with Crippen molar-refractivity contribution in [2.24, 2.45) is 0 Å². The van der Waals surface area contributed by atoms with E-state index in [1.165, 1.54) is 0 Å². The Morgan fingerprint density at radius 2 is 1.95 bits per heavy atom. The molecule has 204 valence electrons. The number of hydrogen-bond donors (Lipinski definition) is 2. The summed E-state index contributed by atoms with van der Waals surface area (Å²) in [4.78, 5) is 27.9. The molecule has 2 aromatic carbocycles. The molecule has 40 heavy (non-hydrogen) atoms. The van der Waals surface area contributed by atoms with Crippen molar-refractivity contribution in [2.45, 2.75) is 39.3 Å². The molecule has 1 fully saturated rings. The Morgan fingerprint density at radius 1 is 1.15 bits per heavy atom. The van der Waals surface area contributed by atoms with E-state index in [1.54, 1.807) is 53.9 Å². The van der Waals surface area contributed by atoms with E-state index in [2.05, 4.69) is 10.4 Å². The van der Waals surface area contributed by atoms with Crippen molar-refractivity contribution in [2.75, 3.05) is 13.1 Å². The molecule has 3 aromatic heterocycles. The van der Waals surface area contributed by atoms with Gasteiger partial charge < -0.3 is 24.5 Å². The summed E-state index contributed by atoms with van der Waals surface area (Å²) >= 11 is 0. The maximum atomic E-state index is 13.2. The van der Waals surface area contributed by atoms with Crippen LogP contribution in [0.3, 0.4) is 0 Å². The van der Waals surface area contributed by atoms with Crippen molar-refractivity contribution >= 4 is 28.3 Å². The molecule has 6 rings (SSSR count). The van der Waals surface area contributed by atoms with Crippen molar-refractivity contribution in [1.29, 1.82) is 0 Å². The maximum absolute atomic E-state index is 13.2. The molecule has 1 saturated heterocycles. The number of nitrogens with one attached hydrogen (secondary N) is 1. The summed E-state index contributed by atoms with van der Waals surface area (Å²) in [7, 11) is 0. The zero-order chi connectivity index (χ0) is 28.0. The van der Waals surface area contributed by atoms with Crippen LogP contribution in [0.15, 0.2) is 71.4 Å². The Bertz CT molecular complexity index is 1750. The largest absolute Gasteiger partial charge is 0.460 e.